The van der Waals surface area contributed by atoms with E-state index in [1.165, 1.54) is 18.9 Å². The quantitative estimate of drug-likeness (QED) is 0.570. The third-order valence-corrected chi connectivity index (χ3v) is 5.54. The zero-order valence-corrected chi connectivity index (χ0v) is 15.2. The molecule has 1 aromatic rings. The molecule has 1 N–H and O–H groups in total. The summed E-state index contributed by atoms with van der Waals surface area (Å²) >= 11 is 1.18. The number of hydrogen-bond donors (Lipinski definition) is 1. The first-order valence-electron chi connectivity index (χ1n) is 7.03. The van der Waals surface area contributed by atoms with Crippen LogP contribution in [0.15, 0.2) is 30.3 Å². The number of hydrogen-bond acceptors (Lipinski definition) is 5. The van der Waals surface area contributed by atoms with E-state index in [1.807, 2.05) is 51.1 Å². The third-order valence-electron chi connectivity index (χ3n) is 2.75. The fourth-order valence-electron chi connectivity index (χ4n) is 1.46. The van der Waals surface area contributed by atoms with Gasteiger partial charge in [-0.05, 0) is 5.56 Å². The lowest BCUT2D eigenvalue weighted by Gasteiger charge is -2.18. The normalized spacial score (nSPS) is 14.5. The van der Waals surface area contributed by atoms with Gasteiger partial charge >= 0.3 is 7.75 Å². The fraction of sp³-hybridized carbons (Fsp3) is 0.533. The number of nitrogens with one attached hydrogen (secondary N) is 1. The summed E-state index contributed by atoms with van der Waals surface area (Å²) in [6, 6.07) is 9.57. The van der Waals surface area contributed by atoms with E-state index in [9.17, 15) is 9.36 Å². The summed E-state index contributed by atoms with van der Waals surface area (Å²) in [5.41, 5.74) is 0.599. The Morgan fingerprint density at radius 3 is 2.45 bits per heavy atom. The molecule has 1 unspecified atom stereocenters. The Morgan fingerprint density at radius 2 is 1.91 bits per heavy atom. The molecule has 0 aromatic heterocycles. The van der Waals surface area contributed by atoms with Crippen LogP contribution in [0.2, 0.25) is 0 Å². The molecule has 0 saturated carbocycles. The lowest BCUT2D eigenvalue weighted by Crippen LogP contribution is -2.18. The summed E-state index contributed by atoms with van der Waals surface area (Å²) in [4.78, 5) is 11.8. The van der Waals surface area contributed by atoms with E-state index in [-0.39, 0.29) is 17.1 Å². The van der Waals surface area contributed by atoms with Crippen LogP contribution in [0.25, 0.3) is 0 Å². The van der Waals surface area contributed by atoms with Gasteiger partial charge in [0.2, 0.25) is 0 Å². The lowest BCUT2D eigenvalue weighted by molar-refractivity contribution is -0.117. The molecule has 1 aromatic carbocycles. The van der Waals surface area contributed by atoms with Gasteiger partial charge in [-0.3, -0.25) is 9.32 Å². The van der Waals surface area contributed by atoms with E-state index in [1.54, 1.807) is 0 Å². The van der Waals surface area contributed by atoms with Crippen LogP contribution in [0, 0.1) is 5.41 Å². The van der Waals surface area contributed by atoms with E-state index in [2.05, 4.69) is 5.09 Å². The zero-order valence-electron chi connectivity index (χ0n) is 13.5. The molecule has 1 atom stereocenters. The van der Waals surface area contributed by atoms with Gasteiger partial charge in [0.25, 0.3) is 0 Å². The minimum absolute atomic E-state index is 0.0839. The Labute approximate surface area is 136 Å². The summed E-state index contributed by atoms with van der Waals surface area (Å²) in [7, 11) is -2.00. The van der Waals surface area contributed by atoms with Gasteiger partial charge in [-0.25, -0.2) is 9.65 Å². The SMILES string of the molecule is COP(=O)(NCc1ccccc1)OCCSC(=O)C(C)(C)C. The van der Waals surface area contributed by atoms with Crippen molar-refractivity contribution in [3.63, 3.8) is 0 Å². The molecule has 0 bridgehead atoms. The highest BCUT2D eigenvalue weighted by Crippen LogP contribution is 2.43. The van der Waals surface area contributed by atoms with Crippen molar-refractivity contribution in [3.8, 4) is 0 Å². The standard InChI is InChI=1S/C15H24NO4PS/c1-15(2,3)14(17)22-11-10-20-21(18,19-4)16-12-13-8-6-5-7-9-13/h5-9H,10-12H2,1-4H3,(H,16,18). The molecule has 0 aliphatic rings. The predicted molar refractivity (Wildman–Crippen MR) is 90.8 cm³/mol. The maximum atomic E-state index is 12.3. The molecule has 0 radical (unpaired) electrons. The molecule has 5 nitrogen and oxygen atoms in total. The van der Waals surface area contributed by atoms with E-state index >= 15 is 0 Å². The van der Waals surface area contributed by atoms with E-state index < -0.39 is 7.75 Å². The maximum absolute atomic E-state index is 12.3. The van der Waals surface area contributed by atoms with Crippen LogP contribution in [-0.2, 0) is 25.0 Å². The highest BCUT2D eigenvalue weighted by Gasteiger charge is 2.24. The molecule has 0 aliphatic heterocycles. The number of rotatable bonds is 8. The van der Waals surface area contributed by atoms with E-state index in [0.29, 0.717) is 12.3 Å². The lowest BCUT2D eigenvalue weighted by atomic mass is 10.00. The number of benzene rings is 1. The molecule has 124 valence electrons. The Morgan fingerprint density at radius 1 is 1.27 bits per heavy atom. The van der Waals surface area contributed by atoms with Crippen LogP contribution in [0.3, 0.4) is 0 Å². The van der Waals surface area contributed by atoms with E-state index in [4.69, 9.17) is 9.05 Å². The number of carbonyl (C=O) groups is 1. The molecule has 0 heterocycles. The topological polar surface area (TPSA) is 64.6 Å². The molecule has 0 saturated heterocycles. The first kappa shape index (κ1) is 19.4. The van der Waals surface area contributed by atoms with E-state index in [0.717, 1.165) is 5.56 Å². The molecule has 1 rings (SSSR count). The summed E-state index contributed by atoms with van der Waals surface area (Å²) in [5, 5.41) is 2.88. The van der Waals surface area contributed by atoms with Crippen LogP contribution in [0.1, 0.15) is 26.3 Å². The van der Waals surface area contributed by atoms with Crippen LogP contribution in [0.4, 0.5) is 0 Å². The van der Waals surface area contributed by atoms with Crippen molar-refractivity contribution >= 4 is 24.6 Å². The molecule has 22 heavy (non-hydrogen) atoms. The zero-order chi connectivity index (χ0) is 16.6. The number of thioether (sulfide) groups is 1. The fourth-order valence-corrected chi connectivity index (χ4v) is 3.40. The monoisotopic (exact) mass is 345 g/mol. The maximum Gasteiger partial charge on any atom is 0.405 e. The predicted octanol–water partition coefficient (Wildman–Crippen LogP) is 3.85. The van der Waals surface area contributed by atoms with Crippen LogP contribution in [0.5, 0.6) is 0 Å². The Bertz CT molecular complexity index is 516. The van der Waals surface area contributed by atoms with Crippen LogP contribution >= 0.6 is 19.5 Å². The van der Waals surface area contributed by atoms with Crippen molar-refractivity contribution in [3.05, 3.63) is 35.9 Å². The van der Waals surface area contributed by atoms with Crippen molar-refractivity contribution in [2.24, 2.45) is 5.41 Å². The minimum atomic E-state index is -3.34. The average molecular weight is 345 g/mol. The second-order valence-electron chi connectivity index (χ2n) is 5.72. The third kappa shape index (κ3) is 7.07. The Balaban J connectivity index is 2.37. The largest absolute Gasteiger partial charge is 0.405 e. The van der Waals surface area contributed by atoms with Gasteiger partial charge in [0, 0.05) is 24.8 Å². The van der Waals surface area contributed by atoms with Crippen molar-refractivity contribution in [1.82, 2.24) is 5.09 Å². The van der Waals surface area contributed by atoms with Gasteiger partial charge in [-0.2, -0.15) is 0 Å². The summed E-state index contributed by atoms with van der Waals surface area (Å²) in [6.07, 6.45) is 0. The van der Waals surface area contributed by atoms with Crippen molar-refractivity contribution in [2.75, 3.05) is 19.5 Å². The van der Waals surface area contributed by atoms with Crippen LogP contribution in [-0.4, -0.2) is 24.6 Å². The van der Waals surface area contributed by atoms with Gasteiger partial charge in [-0.1, -0.05) is 62.9 Å². The minimum Gasteiger partial charge on any atom is -0.300 e. The van der Waals surface area contributed by atoms with Gasteiger partial charge in [0.15, 0.2) is 5.12 Å². The highest BCUT2D eigenvalue weighted by atomic mass is 32.2. The number of carbonyl (C=O) groups excluding carboxylic acids is 1. The Hall–Kier alpha value is -0.650. The van der Waals surface area contributed by atoms with Crippen molar-refractivity contribution in [2.45, 2.75) is 27.3 Å². The average Bonchev–Trinajstić information content (AvgIpc) is 2.49. The van der Waals surface area contributed by atoms with Crippen molar-refractivity contribution < 1.29 is 18.4 Å². The smallest absolute Gasteiger partial charge is 0.300 e. The summed E-state index contributed by atoms with van der Waals surface area (Å²) in [5.74, 6) is 0.441. The van der Waals surface area contributed by atoms with Gasteiger partial charge in [0.1, 0.15) is 0 Å². The molecular weight excluding hydrogens is 321 g/mol. The molecular formula is C15H24NO4PS. The van der Waals surface area contributed by atoms with Gasteiger partial charge in [0.05, 0.1) is 6.61 Å². The second-order valence-corrected chi connectivity index (χ2v) is 8.72. The highest BCUT2D eigenvalue weighted by molar-refractivity contribution is 8.13. The van der Waals surface area contributed by atoms with Crippen molar-refractivity contribution in [1.29, 1.82) is 0 Å². The molecule has 0 fully saturated rings. The Kier molecular flexibility index (Phi) is 7.80. The second kappa shape index (κ2) is 8.85. The molecule has 0 spiro atoms. The van der Waals surface area contributed by atoms with Gasteiger partial charge < -0.3 is 4.52 Å². The van der Waals surface area contributed by atoms with Gasteiger partial charge in [-0.15, -0.1) is 0 Å². The molecule has 7 heteroatoms. The van der Waals surface area contributed by atoms with Crippen LogP contribution < -0.4 is 5.09 Å². The summed E-state index contributed by atoms with van der Waals surface area (Å²) in [6.45, 7) is 6.17. The summed E-state index contributed by atoms with van der Waals surface area (Å²) < 4.78 is 22.6. The first-order valence-corrected chi connectivity index (χ1v) is 9.56. The molecule has 0 amide bonds. The first-order chi connectivity index (χ1) is 10.3. The molecule has 0 aliphatic carbocycles.